The largest absolute Gasteiger partial charge is 0.350 e. The summed E-state index contributed by atoms with van der Waals surface area (Å²) in [5, 5.41) is 8.56. The second kappa shape index (κ2) is 10.9. The number of benzene rings is 2. The molecule has 2 aromatic rings. The Morgan fingerprint density at radius 1 is 0.568 bits per heavy atom. The van der Waals surface area contributed by atoms with Gasteiger partial charge < -0.3 is 16.0 Å². The van der Waals surface area contributed by atoms with E-state index in [0.717, 1.165) is 22.4 Å². The Morgan fingerprint density at radius 2 is 0.946 bits per heavy atom. The Balaban J connectivity index is 2.05. The Labute approximate surface area is 225 Å². The standard InChI is InChI=1S/C32H49N3O2/c1-29(2,3)22-13-21(14-23(15-22)30(4,5)6)19-33-27(36)20-34-28(37)35-26-17-24(31(7,8)9)16-25(18-26)32(10,11)12/h13-18H,19-20H2,1-12H3,(H,33,36)(H2,34,35,37). The molecule has 0 atom stereocenters. The number of urea groups is 1. The maximum absolute atomic E-state index is 12.6. The highest BCUT2D eigenvalue weighted by Crippen LogP contribution is 2.32. The third kappa shape index (κ3) is 9.21. The first-order valence-electron chi connectivity index (χ1n) is 13.3. The molecule has 204 valence electrons. The molecule has 0 aromatic heterocycles. The fourth-order valence-corrected chi connectivity index (χ4v) is 3.82. The summed E-state index contributed by atoms with van der Waals surface area (Å²) in [5.74, 6) is -0.229. The van der Waals surface area contributed by atoms with E-state index in [0.29, 0.717) is 6.54 Å². The van der Waals surface area contributed by atoms with Gasteiger partial charge in [-0.1, -0.05) is 107 Å². The third-order valence-corrected chi connectivity index (χ3v) is 6.55. The second-order valence-corrected chi connectivity index (χ2v) is 14.3. The molecule has 0 aliphatic heterocycles. The first kappa shape index (κ1) is 30.4. The van der Waals surface area contributed by atoms with Crippen molar-refractivity contribution in [3.8, 4) is 0 Å². The zero-order valence-electron chi connectivity index (χ0n) is 25.2. The van der Waals surface area contributed by atoms with Gasteiger partial charge in [0.2, 0.25) is 5.91 Å². The van der Waals surface area contributed by atoms with E-state index in [-0.39, 0.29) is 34.1 Å². The maximum atomic E-state index is 12.6. The highest BCUT2D eigenvalue weighted by Gasteiger charge is 2.22. The molecule has 3 N–H and O–H groups in total. The highest BCUT2D eigenvalue weighted by molar-refractivity contribution is 5.92. The van der Waals surface area contributed by atoms with Crippen LogP contribution in [0.2, 0.25) is 0 Å². The molecule has 0 bridgehead atoms. The van der Waals surface area contributed by atoms with E-state index in [2.05, 4.69) is 123 Å². The van der Waals surface area contributed by atoms with E-state index in [9.17, 15) is 9.59 Å². The van der Waals surface area contributed by atoms with Gasteiger partial charge in [0.25, 0.3) is 0 Å². The van der Waals surface area contributed by atoms with Crippen molar-refractivity contribution >= 4 is 17.6 Å². The van der Waals surface area contributed by atoms with Crippen LogP contribution in [0.25, 0.3) is 0 Å². The summed E-state index contributed by atoms with van der Waals surface area (Å²) in [6, 6.07) is 12.4. The van der Waals surface area contributed by atoms with Gasteiger partial charge in [-0.05, 0) is 61.6 Å². The van der Waals surface area contributed by atoms with Crippen molar-refractivity contribution in [2.24, 2.45) is 0 Å². The minimum absolute atomic E-state index is 0.0107. The monoisotopic (exact) mass is 507 g/mol. The summed E-state index contributed by atoms with van der Waals surface area (Å²) in [6.45, 7) is 26.4. The van der Waals surface area contributed by atoms with Crippen LogP contribution in [0.4, 0.5) is 10.5 Å². The van der Waals surface area contributed by atoms with Crippen LogP contribution >= 0.6 is 0 Å². The summed E-state index contributed by atoms with van der Waals surface area (Å²) in [6.07, 6.45) is 0. The van der Waals surface area contributed by atoms with E-state index in [1.54, 1.807) is 0 Å². The molecule has 3 amide bonds. The topological polar surface area (TPSA) is 70.2 Å². The molecule has 0 spiro atoms. The van der Waals surface area contributed by atoms with E-state index in [1.165, 1.54) is 11.1 Å². The van der Waals surface area contributed by atoms with Crippen LogP contribution in [0.1, 0.15) is 111 Å². The van der Waals surface area contributed by atoms with Gasteiger partial charge in [-0.3, -0.25) is 4.79 Å². The molecule has 0 aliphatic carbocycles. The molecule has 0 aliphatic rings. The summed E-state index contributed by atoms with van der Waals surface area (Å²) in [5.41, 5.74) is 6.50. The molecule has 5 nitrogen and oxygen atoms in total. The summed E-state index contributed by atoms with van der Waals surface area (Å²) < 4.78 is 0. The van der Waals surface area contributed by atoms with Gasteiger partial charge in [0.1, 0.15) is 0 Å². The Hall–Kier alpha value is -2.82. The number of hydrogen-bond donors (Lipinski definition) is 3. The molecular weight excluding hydrogens is 458 g/mol. The fraction of sp³-hybridized carbons (Fsp3) is 0.562. The average Bonchev–Trinajstić information content (AvgIpc) is 2.73. The van der Waals surface area contributed by atoms with Gasteiger partial charge in [-0.25, -0.2) is 4.79 Å². The minimum Gasteiger partial charge on any atom is -0.350 e. The zero-order chi connectivity index (χ0) is 28.4. The Morgan fingerprint density at radius 3 is 1.32 bits per heavy atom. The molecule has 0 radical (unpaired) electrons. The summed E-state index contributed by atoms with van der Waals surface area (Å²) in [4.78, 5) is 25.2. The molecule has 0 unspecified atom stereocenters. The van der Waals surface area contributed by atoms with Gasteiger partial charge in [-0.15, -0.1) is 0 Å². The van der Waals surface area contributed by atoms with Crippen LogP contribution in [0.5, 0.6) is 0 Å². The molecule has 0 fully saturated rings. The number of anilines is 1. The van der Waals surface area contributed by atoms with Crippen LogP contribution in [0.15, 0.2) is 36.4 Å². The van der Waals surface area contributed by atoms with Gasteiger partial charge >= 0.3 is 6.03 Å². The molecule has 37 heavy (non-hydrogen) atoms. The van der Waals surface area contributed by atoms with Crippen LogP contribution < -0.4 is 16.0 Å². The predicted octanol–water partition coefficient (Wildman–Crippen LogP) is 7.31. The molecule has 0 saturated carbocycles. The van der Waals surface area contributed by atoms with Crippen molar-refractivity contribution in [3.63, 3.8) is 0 Å². The third-order valence-electron chi connectivity index (χ3n) is 6.55. The summed E-state index contributed by atoms with van der Waals surface area (Å²) >= 11 is 0. The van der Waals surface area contributed by atoms with Gasteiger partial charge in [0, 0.05) is 12.2 Å². The lowest BCUT2D eigenvalue weighted by Crippen LogP contribution is -2.38. The van der Waals surface area contributed by atoms with Gasteiger partial charge in [0.15, 0.2) is 0 Å². The highest BCUT2D eigenvalue weighted by atomic mass is 16.2. The maximum Gasteiger partial charge on any atom is 0.319 e. The molecule has 5 heteroatoms. The van der Waals surface area contributed by atoms with Crippen molar-refractivity contribution in [2.75, 3.05) is 11.9 Å². The molecule has 0 saturated heterocycles. The number of carbonyl (C=O) groups excluding carboxylic acids is 2. The van der Waals surface area contributed by atoms with Gasteiger partial charge in [-0.2, -0.15) is 0 Å². The predicted molar refractivity (Wildman–Crippen MR) is 157 cm³/mol. The molecule has 2 rings (SSSR count). The van der Waals surface area contributed by atoms with E-state index in [4.69, 9.17) is 0 Å². The minimum atomic E-state index is -0.397. The number of amides is 3. The van der Waals surface area contributed by atoms with Crippen molar-refractivity contribution in [1.29, 1.82) is 0 Å². The quantitative estimate of drug-likeness (QED) is 0.397. The lowest BCUT2D eigenvalue weighted by Gasteiger charge is -2.26. The smallest absolute Gasteiger partial charge is 0.319 e. The summed E-state index contributed by atoms with van der Waals surface area (Å²) in [7, 11) is 0. The zero-order valence-corrected chi connectivity index (χ0v) is 25.2. The van der Waals surface area contributed by atoms with Crippen molar-refractivity contribution in [2.45, 2.75) is 111 Å². The number of nitrogens with one attached hydrogen (secondary N) is 3. The van der Waals surface area contributed by atoms with Crippen molar-refractivity contribution < 1.29 is 9.59 Å². The molecular formula is C32H49N3O2. The lowest BCUT2D eigenvalue weighted by molar-refractivity contribution is -0.120. The first-order valence-corrected chi connectivity index (χ1v) is 13.3. The second-order valence-electron chi connectivity index (χ2n) is 14.3. The normalized spacial score (nSPS) is 12.8. The Bertz CT molecular complexity index is 1060. The lowest BCUT2D eigenvalue weighted by atomic mass is 9.79. The molecule has 0 heterocycles. The van der Waals surface area contributed by atoms with Crippen LogP contribution in [-0.4, -0.2) is 18.5 Å². The van der Waals surface area contributed by atoms with Crippen molar-refractivity contribution in [1.82, 2.24) is 10.6 Å². The average molecular weight is 508 g/mol. The molecule has 2 aromatic carbocycles. The van der Waals surface area contributed by atoms with Crippen LogP contribution in [0, 0.1) is 0 Å². The SMILES string of the molecule is CC(C)(C)c1cc(CNC(=O)CNC(=O)Nc2cc(C(C)(C)C)cc(C(C)(C)C)c2)cc(C(C)(C)C)c1. The van der Waals surface area contributed by atoms with Gasteiger partial charge in [0.05, 0.1) is 6.54 Å². The number of carbonyl (C=O) groups is 2. The van der Waals surface area contributed by atoms with E-state index >= 15 is 0 Å². The first-order chi connectivity index (χ1) is 16.7. The number of rotatable bonds is 5. The fourth-order valence-electron chi connectivity index (χ4n) is 3.82. The van der Waals surface area contributed by atoms with Crippen molar-refractivity contribution in [3.05, 3.63) is 64.2 Å². The van der Waals surface area contributed by atoms with Crippen LogP contribution in [0.3, 0.4) is 0 Å². The van der Waals surface area contributed by atoms with Crippen LogP contribution in [-0.2, 0) is 33.0 Å². The van der Waals surface area contributed by atoms with E-state index < -0.39 is 6.03 Å². The Kier molecular flexibility index (Phi) is 8.95. The van der Waals surface area contributed by atoms with E-state index in [1.807, 2.05) is 12.1 Å². The number of hydrogen-bond acceptors (Lipinski definition) is 2.